The van der Waals surface area contributed by atoms with E-state index in [0.29, 0.717) is 17.9 Å². The number of hydrogen-bond donors (Lipinski definition) is 2. The summed E-state index contributed by atoms with van der Waals surface area (Å²) in [5, 5.41) is 10.5. The first-order chi connectivity index (χ1) is 12.3. The first kappa shape index (κ1) is 15.6. The number of hydrogen-bond acceptors (Lipinski definition) is 4. The molecule has 0 radical (unpaired) electrons. The number of benzene rings is 1. The molecular formula is C19H20N4O2. The first-order valence-electron chi connectivity index (χ1n) is 8.63. The summed E-state index contributed by atoms with van der Waals surface area (Å²) in [7, 11) is 0. The van der Waals surface area contributed by atoms with Crippen LogP contribution in [0.3, 0.4) is 0 Å². The Morgan fingerprint density at radius 1 is 1.16 bits per heavy atom. The summed E-state index contributed by atoms with van der Waals surface area (Å²) in [4.78, 5) is 16.3. The van der Waals surface area contributed by atoms with Gasteiger partial charge in [-0.1, -0.05) is 18.6 Å². The standard InChI is InChI=1S/C19H20N4O2/c24-19(14-8-6-13(7-9-14)18-11-20-12-25-18)21-10-17-15-4-2-1-3-5-16(15)22-23-17/h6-9,11-12H,1-5,10H2,(H,21,24)(H,22,23). The zero-order valence-electron chi connectivity index (χ0n) is 13.9. The Morgan fingerprint density at radius 2 is 2.00 bits per heavy atom. The number of aromatic nitrogens is 3. The average Bonchev–Trinajstić information content (AvgIpc) is 3.25. The van der Waals surface area contributed by atoms with Crippen LogP contribution in [0.1, 0.15) is 46.6 Å². The third-order valence-electron chi connectivity index (χ3n) is 4.67. The van der Waals surface area contributed by atoms with Crippen molar-refractivity contribution in [2.75, 3.05) is 0 Å². The van der Waals surface area contributed by atoms with Crippen molar-refractivity contribution >= 4 is 5.91 Å². The lowest BCUT2D eigenvalue weighted by molar-refractivity contribution is 0.0950. The van der Waals surface area contributed by atoms with Crippen LogP contribution in [0.25, 0.3) is 11.3 Å². The summed E-state index contributed by atoms with van der Waals surface area (Å²) >= 11 is 0. The van der Waals surface area contributed by atoms with E-state index in [2.05, 4.69) is 20.5 Å². The van der Waals surface area contributed by atoms with E-state index in [1.807, 2.05) is 12.1 Å². The highest BCUT2D eigenvalue weighted by atomic mass is 16.3. The lowest BCUT2D eigenvalue weighted by Crippen LogP contribution is -2.23. The fraction of sp³-hybridized carbons (Fsp3) is 0.316. The van der Waals surface area contributed by atoms with Crippen LogP contribution < -0.4 is 5.32 Å². The second-order valence-corrected chi connectivity index (χ2v) is 6.31. The normalized spacial score (nSPS) is 13.9. The zero-order chi connectivity index (χ0) is 17.1. The van der Waals surface area contributed by atoms with Crippen LogP contribution in [0.2, 0.25) is 0 Å². The van der Waals surface area contributed by atoms with Gasteiger partial charge in [0, 0.05) is 16.8 Å². The Balaban J connectivity index is 1.42. The van der Waals surface area contributed by atoms with E-state index < -0.39 is 0 Å². The average molecular weight is 336 g/mol. The zero-order valence-corrected chi connectivity index (χ0v) is 13.9. The van der Waals surface area contributed by atoms with E-state index in [9.17, 15) is 4.79 Å². The van der Waals surface area contributed by atoms with Crippen molar-refractivity contribution < 1.29 is 9.21 Å². The molecule has 0 spiro atoms. The third kappa shape index (κ3) is 3.33. The molecule has 2 heterocycles. The fourth-order valence-electron chi connectivity index (χ4n) is 3.28. The number of oxazole rings is 1. The van der Waals surface area contributed by atoms with E-state index >= 15 is 0 Å². The topological polar surface area (TPSA) is 83.8 Å². The number of carbonyl (C=O) groups excluding carboxylic acids is 1. The number of amides is 1. The SMILES string of the molecule is O=C(NCc1n[nH]c2c1CCCCC2)c1ccc(-c2cnco2)cc1. The molecule has 0 aliphatic heterocycles. The first-order valence-corrected chi connectivity index (χ1v) is 8.63. The molecule has 1 aliphatic rings. The van der Waals surface area contributed by atoms with Gasteiger partial charge >= 0.3 is 0 Å². The molecule has 0 atom stereocenters. The summed E-state index contributed by atoms with van der Waals surface area (Å²) in [5.74, 6) is 0.584. The molecule has 128 valence electrons. The molecule has 0 bridgehead atoms. The van der Waals surface area contributed by atoms with Gasteiger partial charge in [-0.3, -0.25) is 9.89 Å². The van der Waals surface area contributed by atoms with Crippen LogP contribution >= 0.6 is 0 Å². The van der Waals surface area contributed by atoms with E-state index in [4.69, 9.17) is 4.42 Å². The van der Waals surface area contributed by atoms with Crippen LogP contribution in [0, 0.1) is 0 Å². The van der Waals surface area contributed by atoms with Crippen molar-refractivity contribution in [3.63, 3.8) is 0 Å². The maximum atomic E-state index is 12.4. The minimum atomic E-state index is -0.102. The molecule has 0 fully saturated rings. The van der Waals surface area contributed by atoms with Gasteiger partial charge in [0.15, 0.2) is 12.2 Å². The monoisotopic (exact) mass is 336 g/mol. The number of fused-ring (bicyclic) bond motifs is 1. The van der Waals surface area contributed by atoms with E-state index in [1.54, 1.807) is 18.3 Å². The van der Waals surface area contributed by atoms with Crippen LogP contribution in [-0.4, -0.2) is 21.1 Å². The predicted molar refractivity (Wildman–Crippen MR) is 93.0 cm³/mol. The smallest absolute Gasteiger partial charge is 0.251 e. The Labute approximate surface area is 145 Å². The molecule has 1 amide bonds. The molecule has 6 nitrogen and oxygen atoms in total. The third-order valence-corrected chi connectivity index (χ3v) is 4.67. The molecule has 2 N–H and O–H groups in total. The number of nitrogens with one attached hydrogen (secondary N) is 2. The largest absolute Gasteiger partial charge is 0.444 e. The van der Waals surface area contributed by atoms with Gasteiger partial charge in [0.05, 0.1) is 18.4 Å². The molecule has 2 aromatic heterocycles. The van der Waals surface area contributed by atoms with Crippen LogP contribution in [-0.2, 0) is 19.4 Å². The van der Waals surface area contributed by atoms with Gasteiger partial charge in [0.2, 0.25) is 0 Å². The molecule has 4 rings (SSSR count). The Bertz CT molecular complexity index is 850. The maximum Gasteiger partial charge on any atom is 0.251 e. The second-order valence-electron chi connectivity index (χ2n) is 6.31. The highest BCUT2D eigenvalue weighted by Gasteiger charge is 2.16. The quantitative estimate of drug-likeness (QED) is 0.716. The number of rotatable bonds is 4. The molecule has 6 heteroatoms. The summed E-state index contributed by atoms with van der Waals surface area (Å²) in [6, 6.07) is 7.29. The maximum absolute atomic E-state index is 12.4. The van der Waals surface area contributed by atoms with Gasteiger partial charge in [-0.15, -0.1) is 0 Å². The minimum Gasteiger partial charge on any atom is -0.444 e. The molecule has 1 aliphatic carbocycles. The number of nitrogens with zero attached hydrogens (tertiary/aromatic N) is 2. The molecule has 3 aromatic rings. The van der Waals surface area contributed by atoms with Crippen molar-refractivity contribution in [3.8, 4) is 11.3 Å². The Morgan fingerprint density at radius 3 is 2.80 bits per heavy atom. The van der Waals surface area contributed by atoms with Crippen molar-refractivity contribution in [1.82, 2.24) is 20.5 Å². The number of aryl methyl sites for hydroxylation is 1. The summed E-state index contributed by atoms with van der Waals surface area (Å²) < 4.78 is 5.26. The number of aromatic amines is 1. The summed E-state index contributed by atoms with van der Waals surface area (Å²) in [5.41, 5.74) is 5.00. The van der Waals surface area contributed by atoms with E-state index in [0.717, 1.165) is 24.1 Å². The number of H-pyrrole nitrogens is 1. The molecule has 0 saturated carbocycles. The molecular weight excluding hydrogens is 316 g/mol. The predicted octanol–water partition coefficient (Wildman–Crippen LogP) is 3.26. The summed E-state index contributed by atoms with van der Waals surface area (Å²) in [6.45, 7) is 0.453. The van der Waals surface area contributed by atoms with Gasteiger partial charge in [-0.05, 0) is 43.4 Å². The van der Waals surface area contributed by atoms with Crippen molar-refractivity contribution in [2.45, 2.75) is 38.6 Å². The number of carbonyl (C=O) groups is 1. The van der Waals surface area contributed by atoms with Gasteiger partial charge < -0.3 is 9.73 Å². The second kappa shape index (κ2) is 6.93. The van der Waals surface area contributed by atoms with Crippen LogP contribution in [0.5, 0.6) is 0 Å². The molecule has 1 aromatic carbocycles. The van der Waals surface area contributed by atoms with Crippen LogP contribution in [0.15, 0.2) is 41.3 Å². The van der Waals surface area contributed by atoms with E-state index in [1.165, 1.54) is 36.9 Å². The minimum absolute atomic E-state index is 0.102. The molecule has 0 unspecified atom stereocenters. The van der Waals surface area contributed by atoms with Crippen molar-refractivity contribution in [3.05, 3.63) is 59.4 Å². The fourth-order valence-corrected chi connectivity index (χ4v) is 3.28. The Hall–Kier alpha value is -2.89. The lowest BCUT2D eigenvalue weighted by atomic mass is 10.1. The highest BCUT2D eigenvalue weighted by Crippen LogP contribution is 2.22. The van der Waals surface area contributed by atoms with Gasteiger partial charge in [0.25, 0.3) is 5.91 Å². The van der Waals surface area contributed by atoms with Gasteiger partial charge in [0.1, 0.15) is 0 Å². The highest BCUT2D eigenvalue weighted by molar-refractivity contribution is 5.94. The van der Waals surface area contributed by atoms with Crippen molar-refractivity contribution in [2.24, 2.45) is 0 Å². The van der Waals surface area contributed by atoms with E-state index in [-0.39, 0.29) is 5.91 Å². The van der Waals surface area contributed by atoms with Gasteiger partial charge in [-0.2, -0.15) is 5.10 Å². The lowest BCUT2D eigenvalue weighted by Gasteiger charge is -2.06. The molecule has 0 saturated heterocycles. The van der Waals surface area contributed by atoms with Gasteiger partial charge in [-0.25, -0.2) is 4.98 Å². The molecule has 25 heavy (non-hydrogen) atoms. The van der Waals surface area contributed by atoms with Crippen LogP contribution in [0.4, 0.5) is 0 Å². The summed E-state index contributed by atoms with van der Waals surface area (Å²) in [6.07, 6.45) is 8.80. The Kier molecular flexibility index (Phi) is 4.33. The van der Waals surface area contributed by atoms with Crippen molar-refractivity contribution in [1.29, 1.82) is 0 Å².